The zero-order chi connectivity index (χ0) is 7.84. The molecule has 4 heteroatoms. The van der Waals surface area contributed by atoms with E-state index in [9.17, 15) is 0 Å². The van der Waals surface area contributed by atoms with Crippen molar-refractivity contribution in [2.75, 3.05) is 16.4 Å². The van der Waals surface area contributed by atoms with Gasteiger partial charge in [0.05, 0.1) is 11.4 Å². The van der Waals surface area contributed by atoms with Gasteiger partial charge < -0.3 is 16.4 Å². The number of alkyl halides is 1. The molecule has 0 amide bonds. The van der Waals surface area contributed by atoms with Crippen molar-refractivity contribution in [1.29, 1.82) is 0 Å². The monoisotopic (exact) mass is 169 g/mol. The van der Waals surface area contributed by atoms with Crippen LogP contribution in [0.2, 0.25) is 0 Å². The first-order valence-corrected chi connectivity index (χ1v) is 3.76. The van der Waals surface area contributed by atoms with Crippen LogP contribution in [0.1, 0.15) is 0 Å². The Morgan fingerprint density at radius 2 is 2.00 bits per heavy atom. The van der Waals surface area contributed by atoms with Crippen LogP contribution in [0, 0.1) is 0 Å². The molecule has 0 radical (unpaired) electrons. The van der Waals surface area contributed by atoms with Crippen LogP contribution in [0.15, 0.2) is 18.2 Å². The number of rotatable bonds is 0. The lowest BCUT2D eigenvalue weighted by atomic mass is 10.2. The average Bonchev–Trinajstić information content (AvgIpc) is 2.27. The zero-order valence-corrected chi connectivity index (χ0v) is 6.52. The van der Waals surface area contributed by atoms with E-state index in [4.69, 9.17) is 17.3 Å². The van der Waals surface area contributed by atoms with Crippen molar-refractivity contribution in [3.8, 4) is 0 Å². The maximum absolute atomic E-state index is 5.77. The van der Waals surface area contributed by atoms with Gasteiger partial charge in [-0.3, -0.25) is 0 Å². The molecule has 1 heterocycles. The van der Waals surface area contributed by atoms with E-state index in [1.54, 1.807) is 0 Å². The molecule has 0 aromatic heterocycles. The summed E-state index contributed by atoms with van der Waals surface area (Å²) in [5.74, 6) is 0. The van der Waals surface area contributed by atoms with Crippen molar-refractivity contribution in [1.82, 2.24) is 0 Å². The van der Waals surface area contributed by atoms with Crippen molar-refractivity contribution >= 4 is 28.7 Å². The minimum absolute atomic E-state index is 0.216. The van der Waals surface area contributed by atoms with Crippen molar-refractivity contribution in [3.05, 3.63) is 18.2 Å². The predicted molar refractivity (Wildman–Crippen MR) is 47.7 cm³/mol. The van der Waals surface area contributed by atoms with E-state index in [0.717, 1.165) is 17.1 Å². The summed E-state index contributed by atoms with van der Waals surface area (Å²) in [6, 6.07) is 5.59. The molecular weight excluding hydrogens is 162 g/mol. The van der Waals surface area contributed by atoms with Gasteiger partial charge in [-0.15, -0.1) is 0 Å². The van der Waals surface area contributed by atoms with Crippen molar-refractivity contribution in [2.45, 2.75) is 5.62 Å². The predicted octanol–water partition coefficient (Wildman–Crippen LogP) is 1.63. The summed E-state index contributed by atoms with van der Waals surface area (Å²) in [6.07, 6.45) is 0. The average molecular weight is 170 g/mol. The fraction of sp³-hybridized carbons (Fsp3) is 0.143. The van der Waals surface area contributed by atoms with Crippen LogP contribution < -0.4 is 16.4 Å². The second-order valence-electron chi connectivity index (χ2n) is 2.46. The van der Waals surface area contributed by atoms with E-state index in [2.05, 4.69) is 10.6 Å². The van der Waals surface area contributed by atoms with Crippen LogP contribution in [-0.4, -0.2) is 5.62 Å². The zero-order valence-electron chi connectivity index (χ0n) is 5.76. The Kier molecular flexibility index (Phi) is 1.32. The molecule has 1 aromatic rings. The third kappa shape index (κ3) is 1.07. The number of nitrogens with one attached hydrogen (secondary N) is 2. The number of nitrogens with two attached hydrogens (primary N) is 1. The number of fused-ring (bicyclic) bond motifs is 1. The second-order valence-corrected chi connectivity index (χ2v) is 2.89. The third-order valence-corrected chi connectivity index (χ3v) is 1.83. The second kappa shape index (κ2) is 2.20. The normalized spacial score (nSPS) is 20.3. The Bertz CT molecular complexity index is 287. The fourth-order valence-corrected chi connectivity index (χ4v) is 1.35. The standard InChI is InChI=1S/C7H8ClN3/c8-7-10-5-2-1-4(9)3-6(5)11-7/h1-3,7,10-11H,9H2. The van der Waals surface area contributed by atoms with Gasteiger partial charge in [0.1, 0.15) is 0 Å². The number of hydrogen-bond acceptors (Lipinski definition) is 3. The minimum Gasteiger partial charge on any atom is -0.399 e. The first kappa shape index (κ1) is 6.61. The molecule has 1 aromatic carbocycles. The lowest BCUT2D eigenvalue weighted by molar-refractivity contribution is 1.19. The highest BCUT2D eigenvalue weighted by molar-refractivity contribution is 6.23. The molecule has 0 saturated heterocycles. The van der Waals surface area contributed by atoms with Gasteiger partial charge >= 0.3 is 0 Å². The Balaban J connectivity index is 2.43. The first-order chi connectivity index (χ1) is 5.25. The molecule has 58 valence electrons. The summed E-state index contributed by atoms with van der Waals surface area (Å²) in [5, 5.41) is 6.04. The van der Waals surface area contributed by atoms with E-state index in [0.29, 0.717) is 0 Å². The summed E-state index contributed by atoms with van der Waals surface area (Å²) in [6.45, 7) is 0. The first-order valence-electron chi connectivity index (χ1n) is 3.32. The van der Waals surface area contributed by atoms with E-state index in [1.165, 1.54) is 0 Å². The molecule has 1 aliphatic heterocycles. The summed E-state index contributed by atoms with van der Waals surface area (Å²) >= 11 is 5.77. The van der Waals surface area contributed by atoms with Crippen molar-refractivity contribution in [2.24, 2.45) is 0 Å². The molecule has 4 N–H and O–H groups in total. The Morgan fingerprint density at radius 1 is 1.27 bits per heavy atom. The molecular formula is C7H8ClN3. The summed E-state index contributed by atoms with van der Waals surface area (Å²) in [7, 11) is 0. The number of nitrogen functional groups attached to an aromatic ring is 1. The highest BCUT2D eigenvalue weighted by atomic mass is 35.5. The topological polar surface area (TPSA) is 50.1 Å². The van der Waals surface area contributed by atoms with Gasteiger partial charge in [0.2, 0.25) is 0 Å². The SMILES string of the molecule is Nc1ccc2c(c1)NC(Cl)N2. The molecule has 0 spiro atoms. The molecule has 0 aliphatic carbocycles. The lowest BCUT2D eigenvalue weighted by Gasteiger charge is -1.98. The maximum Gasteiger partial charge on any atom is 0.175 e. The maximum atomic E-state index is 5.77. The van der Waals surface area contributed by atoms with E-state index >= 15 is 0 Å². The van der Waals surface area contributed by atoms with Crippen LogP contribution in [0.5, 0.6) is 0 Å². The van der Waals surface area contributed by atoms with Crippen LogP contribution in [0.25, 0.3) is 0 Å². The number of benzene rings is 1. The molecule has 0 fully saturated rings. The van der Waals surface area contributed by atoms with Gasteiger partial charge in [-0.25, -0.2) is 0 Å². The van der Waals surface area contributed by atoms with Crippen molar-refractivity contribution < 1.29 is 0 Å². The van der Waals surface area contributed by atoms with E-state index in [1.807, 2.05) is 18.2 Å². The van der Waals surface area contributed by atoms with Crippen LogP contribution in [0.3, 0.4) is 0 Å². The molecule has 1 atom stereocenters. The van der Waals surface area contributed by atoms with Crippen LogP contribution in [0.4, 0.5) is 17.1 Å². The molecule has 2 rings (SSSR count). The molecule has 0 saturated carbocycles. The van der Waals surface area contributed by atoms with Crippen LogP contribution in [-0.2, 0) is 0 Å². The molecule has 1 unspecified atom stereocenters. The fourth-order valence-electron chi connectivity index (χ4n) is 1.12. The third-order valence-electron chi connectivity index (χ3n) is 1.61. The number of hydrogen-bond donors (Lipinski definition) is 3. The highest BCUT2D eigenvalue weighted by Gasteiger charge is 2.15. The summed E-state index contributed by atoms with van der Waals surface area (Å²) in [4.78, 5) is 0. The minimum atomic E-state index is -0.216. The molecule has 3 nitrogen and oxygen atoms in total. The van der Waals surface area contributed by atoms with Gasteiger partial charge in [0.15, 0.2) is 5.62 Å². The number of anilines is 3. The van der Waals surface area contributed by atoms with Gasteiger partial charge in [0, 0.05) is 5.69 Å². The van der Waals surface area contributed by atoms with Gasteiger partial charge in [-0.2, -0.15) is 0 Å². The molecule has 1 aliphatic rings. The summed E-state index contributed by atoms with van der Waals surface area (Å²) in [5.41, 5.74) is 8.05. The molecule has 0 bridgehead atoms. The number of halogens is 1. The Labute approximate surface area is 69.5 Å². The largest absolute Gasteiger partial charge is 0.399 e. The van der Waals surface area contributed by atoms with Crippen molar-refractivity contribution in [3.63, 3.8) is 0 Å². The molecule has 11 heavy (non-hydrogen) atoms. The van der Waals surface area contributed by atoms with Crippen LogP contribution >= 0.6 is 11.6 Å². The lowest BCUT2D eigenvalue weighted by Crippen LogP contribution is -2.12. The van der Waals surface area contributed by atoms with Gasteiger partial charge in [-0.05, 0) is 18.2 Å². The highest BCUT2D eigenvalue weighted by Crippen LogP contribution is 2.31. The van der Waals surface area contributed by atoms with E-state index < -0.39 is 0 Å². The Hall–Kier alpha value is -1.09. The van der Waals surface area contributed by atoms with Gasteiger partial charge in [-0.1, -0.05) is 11.6 Å². The smallest absolute Gasteiger partial charge is 0.175 e. The summed E-state index contributed by atoms with van der Waals surface area (Å²) < 4.78 is 0. The Morgan fingerprint density at radius 3 is 2.82 bits per heavy atom. The van der Waals surface area contributed by atoms with E-state index in [-0.39, 0.29) is 5.62 Å². The van der Waals surface area contributed by atoms with Gasteiger partial charge in [0.25, 0.3) is 0 Å². The quantitative estimate of drug-likeness (QED) is 0.314.